The van der Waals surface area contributed by atoms with Crippen molar-refractivity contribution in [1.82, 2.24) is 35.1 Å². The van der Waals surface area contributed by atoms with E-state index in [9.17, 15) is 14.4 Å². The van der Waals surface area contributed by atoms with E-state index in [1.807, 2.05) is 66.2 Å². The van der Waals surface area contributed by atoms with Crippen LogP contribution in [0.1, 0.15) is 37.2 Å². The fourth-order valence-electron chi connectivity index (χ4n) is 4.36. The van der Waals surface area contributed by atoms with Crippen molar-refractivity contribution >= 4 is 34.4 Å². The first kappa shape index (κ1) is 21.6. The molecule has 0 radical (unpaired) electrons. The zero-order valence-corrected chi connectivity index (χ0v) is 18.7. The highest BCUT2D eigenvalue weighted by Crippen LogP contribution is 2.20. The Bertz CT molecular complexity index is 1380. The molecule has 3 N–H and O–H groups in total. The minimum atomic E-state index is -0.703. The number of nitrogens with zero attached hydrogens (tertiary/aromatic N) is 4. The zero-order chi connectivity index (χ0) is 23.7. The monoisotopic (exact) mass is 459 g/mol. The average Bonchev–Trinajstić information content (AvgIpc) is 3.52. The second kappa shape index (κ2) is 8.97. The number of carbonyl (C=O) groups is 3. The van der Waals surface area contributed by atoms with Crippen LogP contribution in [0.3, 0.4) is 0 Å². The highest BCUT2D eigenvalue weighted by atomic mass is 16.2. The fourth-order valence-corrected chi connectivity index (χ4v) is 4.36. The third kappa shape index (κ3) is 4.09. The van der Waals surface area contributed by atoms with Gasteiger partial charge in [-0.15, -0.1) is 10.2 Å². The Hall–Kier alpha value is -4.21. The summed E-state index contributed by atoms with van der Waals surface area (Å²) in [6.45, 7) is 2.11. The van der Waals surface area contributed by atoms with Gasteiger partial charge in [-0.1, -0.05) is 24.3 Å². The lowest BCUT2D eigenvalue weighted by atomic mass is 10.1. The van der Waals surface area contributed by atoms with E-state index in [1.165, 1.54) is 4.90 Å². The fraction of sp³-hybridized carbons (Fsp3) is 0.292. The molecular formula is C24H25N7O3. The Morgan fingerprint density at radius 3 is 2.85 bits per heavy atom. The van der Waals surface area contributed by atoms with Crippen LogP contribution in [0.15, 0.2) is 54.9 Å². The van der Waals surface area contributed by atoms with Crippen molar-refractivity contribution in [1.29, 1.82) is 0 Å². The third-order valence-electron chi connectivity index (χ3n) is 6.15. The summed E-state index contributed by atoms with van der Waals surface area (Å²) in [4.78, 5) is 42.1. The first-order chi connectivity index (χ1) is 16.5. The van der Waals surface area contributed by atoms with Gasteiger partial charge >= 0.3 is 6.03 Å². The molecule has 4 amide bonds. The number of para-hydroxylation sites is 1. The quantitative estimate of drug-likeness (QED) is 0.349. The van der Waals surface area contributed by atoms with E-state index < -0.39 is 12.1 Å². The summed E-state index contributed by atoms with van der Waals surface area (Å²) in [7, 11) is 0. The molecule has 174 valence electrons. The molecule has 1 aromatic carbocycles. The predicted molar refractivity (Wildman–Crippen MR) is 125 cm³/mol. The zero-order valence-electron chi connectivity index (χ0n) is 18.7. The summed E-state index contributed by atoms with van der Waals surface area (Å²) in [5, 5.41) is 14.9. The minimum Gasteiger partial charge on any atom is -0.361 e. The Balaban J connectivity index is 1.14. The second-order valence-electron chi connectivity index (χ2n) is 8.42. The van der Waals surface area contributed by atoms with Crippen LogP contribution < -0.4 is 10.6 Å². The van der Waals surface area contributed by atoms with E-state index in [-0.39, 0.29) is 37.2 Å². The van der Waals surface area contributed by atoms with Crippen LogP contribution in [0.4, 0.5) is 4.79 Å². The van der Waals surface area contributed by atoms with Crippen molar-refractivity contribution in [2.45, 2.75) is 38.3 Å². The number of aromatic nitrogens is 4. The van der Waals surface area contributed by atoms with Crippen molar-refractivity contribution in [2.24, 2.45) is 0 Å². The number of imide groups is 1. The SMILES string of the molecule is C[C@@H](NC(=O)CC[C@H]1NC(=O)N(CCc2c[nH]c3ccccc23)C1=O)c1nnc2ccccn12. The molecule has 0 unspecified atom stereocenters. The molecule has 3 aromatic heterocycles. The van der Waals surface area contributed by atoms with Crippen LogP contribution in [-0.4, -0.2) is 54.9 Å². The van der Waals surface area contributed by atoms with E-state index in [0.717, 1.165) is 16.5 Å². The molecule has 0 aliphatic carbocycles. The molecule has 1 aliphatic heterocycles. The van der Waals surface area contributed by atoms with Gasteiger partial charge < -0.3 is 15.6 Å². The van der Waals surface area contributed by atoms with Crippen LogP contribution in [0.5, 0.6) is 0 Å². The number of amides is 4. The van der Waals surface area contributed by atoms with E-state index in [1.54, 1.807) is 0 Å². The standard InChI is InChI=1S/C24H25N7O3/c1-15(22-29-28-20-8-4-5-12-30(20)22)26-21(32)10-9-19-23(33)31(24(34)27-19)13-11-16-14-25-18-7-3-2-6-17(16)18/h2-8,12,14-15,19,25H,9-11,13H2,1H3,(H,26,32)(H,27,34)/t15-,19-/m1/s1. The number of pyridine rings is 1. The smallest absolute Gasteiger partial charge is 0.324 e. The number of nitrogens with one attached hydrogen (secondary N) is 3. The number of hydrogen-bond acceptors (Lipinski definition) is 5. The van der Waals surface area contributed by atoms with Gasteiger partial charge in [-0.05, 0) is 43.5 Å². The largest absolute Gasteiger partial charge is 0.361 e. The number of rotatable bonds is 8. The highest BCUT2D eigenvalue weighted by molar-refractivity contribution is 6.04. The number of carbonyl (C=O) groups excluding carboxylic acids is 3. The van der Waals surface area contributed by atoms with Crippen LogP contribution in [-0.2, 0) is 16.0 Å². The van der Waals surface area contributed by atoms with Crippen LogP contribution >= 0.6 is 0 Å². The summed E-state index contributed by atoms with van der Waals surface area (Å²) >= 11 is 0. The average molecular weight is 460 g/mol. The lowest BCUT2D eigenvalue weighted by Gasteiger charge is -2.14. The van der Waals surface area contributed by atoms with Crippen molar-refractivity contribution in [2.75, 3.05) is 6.54 Å². The van der Waals surface area contributed by atoms with Crippen molar-refractivity contribution < 1.29 is 14.4 Å². The van der Waals surface area contributed by atoms with Gasteiger partial charge in [-0.3, -0.25) is 18.9 Å². The van der Waals surface area contributed by atoms with Crippen LogP contribution in [0, 0.1) is 0 Å². The van der Waals surface area contributed by atoms with Gasteiger partial charge in [0.15, 0.2) is 11.5 Å². The molecule has 4 aromatic rings. The first-order valence-corrected chi connectivity index (χ1v) is 11.3. The van der Waals surface area contributed by atoms with Gasteiger partial charge in [0.1, 0.15) is 6.04 Å². The maximum atomic E-state index is 12.8. The lowest BCUT2D eigenvalue weighted by molar-refractivity contribution is -0.127. The van der Waals surface area contributed by atoms with E-state index in [2.05, 4.69) is 25.8 Å². The first-order valence-electron chi connectivity index (χ1n) is 11.3. The molecule has 0 spiro atoms. The van der Waals surface area contributed by atoms with E-state index >= 15 is 0 Å². The minimum absolute atomic E-state index is 0.105. The molecule has 1 aliphatic rings. The molecule has 4 heterocycles. The Kier molecular flexibility index (Phi) is 5.70. The molecule has 5 rings (SSSR count). The summed E-state index contributed by atoms with van der Waals surface area (Å²) in [6.07, 6.45) is 4.64. The van der Waals surface area contributed by atoms with E-state index in [4.69, 9.17) is 0 Å². The number of benzene rings is 1. The molecular weight excluding hydrogens is 434 g/mol. The molecule has 10 nitrogen and oxygen atoms in total. The van der Waals surface area contributed by atoms with Gasteiger partial charge in [-0.25, -0.2) is 4.79 Å². The number of urea groups is 1. The topological polar surface area (TPSA) is 124 Å². The molecule has 34 heavy (non-hydrogen) atoms. The molecule has 1 fully saturated rings. The second-order valence-corrected chi connectivity index (χ2v) is 8.42. The van der Waals surface area contributed by atoms with Crippen LogP contribution in [0.2, 0.25) is 0 Å². The number of fused-ring (bicyclic) bond motifs is 2. The highest BCUT2D eigenvalue weighted by Gasteiger charge is 2.37. The Morgan fingerprint density at radius 1 is 1.15 bits per heavy atom. The van der Waals surface area contributed by atoms with Gasteiger partial charge in [0.2, 0.25) is 5.91 Å². The van der Waals surface area contributed by atoms with Gasteiger partial charge in [0.05, 0.1) is 6.04 Å². The molecule has 1 saturated heterocycles. The normalized spacial score (nSPS) is 16.9. The van der Waals surface area contributed by atoms with Crippen molar-refractivity contribution in [3.05, 3.63) is 66.2 Å². The predicted octanol–water partition coefficient (Wildman–Crippen LogP) is 2.33. The maximum absolute atomic E-state index is 12.8. The van der Waals surface area contributed by atoms with Gasteiger partial charge in [0, 0.05) is 36.3 Å². The van der Waals surface area contributed by atoms with Gasteiger partial charge in [0.25, 0.3) is 5.91 Å². The molecule has 2 atom stereocenters. The Morgan fingerprint density at radius 2 is 1.97 bits per heavy atom. The maximum Gasteiger partial charge on any atom is 0.324 e. The molecule has 10 heteroatoms. The molecule has 0 bridgehead atoms. The van der Waals surface area contributed by atoms with Crippen molar-refractivity contribution in [3.63, 3.8) is 0 Å². The van der Waals surface area contributed by atoms with Crippen LogP contribution in [0.25, 0.3) is 16.6 Å². The summed E-state index contributed by atoms with van der Waals surface area (Å²) in [6, 6.07) is 12.0. The van der Waals surface area contributed by atoms with Crippen molar-refractivity contribution in [3.8, 4) is 0 Å². The Labute approximate surface area is 195 Å². The lowest BCUT2D eigenvalue weighted by Crippen LogP contribution is -2.34. The number of hydrogen-bond donors (Lipinski definition) is 3. The van der Waals surface area contributed by atoms with Gasteiger partial charge in [-0.2, -0.15) is 0 Å². The van der Waals surface area contributed by atoms with E-state index in [0.29, 0.717) is 17.9 Å². The summed E-state index contributed by atoms with van der Waals surface area (Å²) < 4.78 is 1.82. The summed E-state index contributed by atoms with van der Waals surface area (Å²) in [5.41, 5.74) is 2.77. The summed E-state index contributed by atoms with van der Waals surface area (Å²) in [5.74, 6) is 0.103. The third-order valence-corrected chi connectivity index (χ3v) is 6.15. The number of aromatic amines is 1. The molecule has 0 saturated carbocycles. The number of H-pyrrole nitrogens is 1.